The monoisotopic (exact) mass is 386 g/mol. The van der Waals surface area contributed by atoms with Gasteiger partial charge in [-0.3, -0.25) is 0 Å². The summed E-state index contributed by atoms with van der Waals surface area (Å²) in [4.78, 5) is 12.2. The van der Waals surface area contributed by atoms with E-state index in [-0.39, 0.29) is 0 Å². The van der Waals surface area contributed by atoms with Crippen molar-refractivity contribution < 1.29 is 19.0 Å². The molecule has 0 saturated carbocycles. The maximum absolute atomic E-state index is 12.2. The zero-order valence-corrected chi connectivity index (χ0v) is 16.5. The zero-order chi connectivity index (χ0) is 19.3. The van der Waals surface area contributed by atoms with Gasteiger partial charge in [-0.25, -0.2) is 4.79 Å². The van der Waals surface area contributed by atoms with E-state index in [1.54, 1.807) is 67.4 Å². The Morgan fingerprint density at radius 3 is 2.22 bits per heavy atom. The Morgan fingerprint density at radius 1 is 0.926 bits per heavy atom. The van der Waals surface area contributed by atoms with Gasteiger partial charge in [0.05, 0.1) is 19.3 Å². The minimum absolute atomic E-state index is 0.399. The number of rotatable bonds is 12. The average Bonchev–Trinajstić information content (AvgIpc) is 2.71. The molecule has 0 N–H and O–H groups in total. The van der Waals surface area contributed by atoms with Gasteiger partial charge in [0.25, 0.3) is 0 Å². The summed E-state index contributed by atoms with van der Waals surface area (Å²) in [5.41, 5.74) is 0.484. The molecule has 2 aromatic rings. The Kier molecular flexibility index (Phi) is 9.35. The third-order valence-electron chi connectivity index (χ3n) is 3.90. The van der Waals surface area contributed by atoms with Gasteiger partial charge in [0.15, 0.2) is 0 Å². The van der Waals surface area contributed by atoms with Crippen LogP contribution in [0.1, 0.15) is 36.0 Å². The van der Waals surface area contributed by atoms with Crippen LogP contribution < -0.4 is 14.2 Å². The molecule has 2 aromatic carbocycles. The van der Waals surface area contributed by atoms with E-state index in [4.69, 9.17) is 14.2 Å². The van der Waals surface area contributed by atoms with Gasteiger partial charge < -0.3 is 14.2 Å². The molecule has 5 heteroatoms. The predicted molar refractivity (Wildman–Crippen MR) is 111 cm³/mol. The molecule has 0 fully saturated rings. The summed E-state index contributed by atoms with van der Waals surface area (Å²) < 4.78 is 16.2. The molecule has 0 saturated heterocycles. The number of hydrogen-bond acceptors (Lipinski definition) is 5. The van der Waals surface area contributed by atoms with Gasteiger partial charge in [0.1, 0.15) is 17.2 Å². The van der Waals surface area contributed by atoms with Crippen molar-refractivity contribution in [1.29, 1.82) is 0 Å². The van der Waals surface area contributed by atoms with Crippen LogP contribution in [-0.2, 0) is 0 Å². The number of methoxy groups -OCH3 is 1. The number of benzene rings is 2. The van der Waals surface area contributed by atoms with E-state index in [0.717, 1.165) is 24.3 Å². The van der Waals surface area contributed by atoms with Crippen LogP contribution in [0, 0.1) is 0 Å². The van der Waals surface area contributed by atoms with Crippen LogP contribution in [0.15, 0.2) is 60.5 Å². The van der Waals surface area contributed by atoms with Gasteiger partial charge in [-0.15, -0.1) is 11.8 Å². The largest absolute Gasteiger partial charge is 0.497 e. The minimum atomic E-state index is -0.399. The van der Waals surface area contributed by atoms with E-state index in [1.165, 1.54) is 12.8 Å². The Hall–Kier alpha value is -2.40. The van der Waals surface area contributed by atoms with Gasteiger partial charge in [-0.05, 0) is 72.5 Å². The van der Waals surface area contributed by atoms with Crippen molar-refractivity contribution in [2.24, 2.45) is 0 Å². The molecule has 0 bridgehead atoms. The first kappa shape index (κ1) is 20.9. The van der Waals surface area contributed by atoms with Crippen molar-refractivity contribution in [2.75, 3.05) is 19.5 Å². The van der Waals surface area contributed by atoms with Crippen LogP contribution in [0.4, 0.5) is 0 Å². The number of carbonyl (C=O) groups excluding carboxylic acids is 1. The highest BCUT2D eigenvalue weighted by Gasteiger charge is 2.09. The lowest BCUT2D eigenvalue weighted by molar-refractivity contribution is 0.0734. The third-order valence-corrected chi connectivity index (χ3v) is 4.66. The molecule has 0 aliphatic carbocycles. The topological polar surface area (TPSA) is 44.8 Å². The molecular formula is C22H26O4S. The highest BCUT2D eigenvalue weighted by Crippen LogP contribution is 2.19. The van der Waals surface area contributed by atoms with Gasteiger partial charge in [-0.2, -0.15) is 0 Å². The Balaban J connectivity index is 1.70. The van der Waals surface area contributed by atoms with Crippen LogP contribution in [-0.4, -0.2) is 25.4 Å². The van der Waals surface area contributed by atoms with Crippen LogP contribution in [0.3, 0.4) is 0 Å². The van der Waals surface area contributed by atoms with E-state index in [1.807, 2.05) is 5.41 Å². The van der Waals surface area contributed by atoms with Gasteiger partial charge >= 0.3 is 5.97 Å². The van der Waals surface area contributed by atoms with Crippen molar-refractivity contribution in [2.45, 2.75) is 25.7 Å². The first-order valence-electron chi connectivity index (χ1n) is 9.04. The number of carbonyl (C=O) groups is 1. The molecule has 4 nitrogen and oxygen atoms in total. The second kappa shape index (κ2) is 12.1. The van der Waals surface area contributed by atoms with E-state index in [0.29, 0.717) is 23.7 Å². The van der Waals surface area contributed by atoms with Crippen LogP contribution in [0.5, 0.6) is 17.2 Å². The van der Waals surface area contributed by atoms with Crippen LogP contribution in [0.2, 0.25) is 0 Å². The fourth-order valence-corrected chi connectivity index (χ4v) is 2.95. The Labute approximate surface area is 165 Å². The second-order valence-electron chi connectivity index (χ2n) is 5.89. The highest BCUT2D eigenvalue weighted by molar-refractivity contribution is 8.02. The number of hydrogen-bond donors (Lipinski definition) is 0. The molecule has 0 aromatic heterocycles. The molecular weight excluding hydrogens is 360 g/mol. The number of thioether (sulfide) groups is 1. The quantitative estimate of drug-likeness (QED) is 0.265. The molecule has 27 heavy (non-hydrogen) atoms. The summed E-state index contributed by atoms with van der Waals surface area (Å²) in [5, 5.41) is 1.89. The van der Waals surface area contributed by atoms with E-state index in [2.05, 4.69) is 6.58 Å². The fraction of sp³-hybridized carbons (Fsp3) is 0.318. The lowest BCUT2D eigenvalue weighted by Gasteiger charge is -2.08. The van der Waals surface area contributed by atoms with Gasteiger partial charge in [-0.1, -0.05) is 19.4 Å². The Morgan fingerprint density at radius 2 is 1.56 bits per heavy atom. The average molecular weight is 387 g/mol. The molecule has 0 aliphatic heterocycles. The molecule has 0 spiro atoms. The van der Waals surface area contributed by atoms with Crippen molar-refractivity contribution in [3.05, 3.63) is 66.1 Å². The molecule has 0 aliphatic rings. The lowest BCUT2D eigenvalue weighted by Crippen LogP contribution is -2.08. The maximum atomic E-state index is 12.2. The third kappa shape index (κ3) is 7.79. The van der Waals surface area contributed by atoms with Crippen molar-refractivity contribution in [3.63, 3.8) is 0 Å². The molecule has 0 unspecified atom stereocenters. The molecule has 0 atom stereocenters. The normalized spacial score (nSPS) is 10.3. The number of unbranched alkanes of at least 4 members (excludes halogenated alkanes) is 3. The fourth-order valence-electron chi connectivity index (χ4n) is 2.41. The SMILES string of the molecule is C=CSCCCCCCOc1ccc(C(=O)Oc2ccc(OC)cc2)cc1. The molecule has 0 amide bonds. The molecule has 0 radical (unpaired) electrons. The standard InChI is InChI=1S/C22H26O4S/c1-3-27-17-7-5-4-6-16-25-20-10-8-18(9-11-20)22(23)26-21-14-12-19(24-2)13-15-21/h3,8-15H,1,4-7,16-17H2,2H3. The van der Waals surface area contributed by atoms with Crippen LogP contribution in [0.25, 0.3) is 0 Å². The molecule has 0 heterocycles. The smallest absolute Gasteiger partial charge is 0.343 e. The van der Waals surface area contributed by atoms with E-state index >= 15 is 0 Å². The minimum Gasteiger partial charge on any atom is -0.497 e. The van der Waals surface area contributed by atoms with Crippen molar-refractivity contribution >= 4 is 17.7 Å². The first-order valence-corrected chi connectivity index (χ1v) is 10.1. The van der Waals surface area contributed by atoms with Crippen molar-refractivity contribution in [1.82, 2.24) is 0 Å². The molecule has 144 valence electrons. The van der Waals surface area contributed by atoms with Crippen molar-refractivity contribution in [3.8, 4) is 17.2 Å². The Bertz CT molecular complexity index is 695. The predicted octanol–water partition coefficient (Wildman–Crippen LogP) is 5.73. The van der Waals surface area contributed by atoms with Gasteiger partial charge in [0.2, 0.25) is 0 Å². The maximum Gasteiger partial charge on any atom is 0.343 e. The summed E-state index contributed by atoms with van der Waals surface area (Å²) in [5.74, 6) is 2.69. The van der Waals surface area contributed by atoms with E-state index < -0.39 is 5.97 Å². The zero-order valence-electron chi connectivity index (χ0n) is 15.7. The summed E-state index contributed by atoms with van der Waals surface area (Å²) in [6.45, 7) is 4.38. The van der Waals surface area contributed by atoms with Crippen LogP contribution >= 0.6 is 11.8 Å². The number of ether oxygens (including phenoxy) is 3. The highest BCUT2D eigenvalue weighted by atomic mass is 32.2. The van der Waals surface area contributed by atoms with E-state index in [9.17, 15) is 4.79 Å². The summed E-state index contributed by atoms with van der Waals surface area (Å²) in [6.07, 6.45) is 4.60. The first-order chi connectivity index (χ1) is 13.2. The summed E-state index contributed by atoms with van der Waals surface area (Å²) in [7, 11) is 1.59. The second-order valence-corrected chi connectivity index (χ2v) is 6.96. The summed E-state index contributed by atoms with van der Waals surface area (Å²) in [6, 6.07) is 13.9. The number of esters is 1. The summed E-state index contributed by atoms with van der Waals surface area (Å²) >= 11 is 1.76. The van der Waals surface area contributed by atoms with Gasteiger partial charge in [0, 0.05) is 0 Å². The molecule has 2 rings (SSSR count). The lowest BCUT2D eigenvalue weighted by atomic mass is 10.2.